The molecule has 1 aromatic heterocycles. The van der Waals surface area contributed by atoms with Crippen LogP contribution in [0.1, 0.15) is 35.0 Å². The van der Waals surface area contributed by atoms with Gasteiger partial charge in [0.1, 0.15) is 0 Å². The van der Waals surface area contributed by atoms with Gasteiger partial charge in [-0.25, -0.2) is 8.42 Å². The van der Waals surface area contributed by atoms with Gasteiger partial charge in [0.05, 0.1) is 28.1 Å². The van der Waals surface area contributed by atoms with Crippen LogP contribution >= 0.6 is 22.9 Å². The molecule has 3 heterocycles. The topological polar surface area (TPSA) is 80.8 Å². The molecular formula is C20H20ClNO5S2. The van der Waals surface area contributed by atoms with E-state index in [1.54, 1.807) is 30.0 Å². The number of thiophene rings is 1. The van der Waals surface area contributed by atoms with Gasteiger partial charge in [0.2, 0.25) is 0 Å². The third-order valence-corrected chi connectivity index (χ3v) is 8.42. The summed E-state index contributed by atoms with van der Waals surface area (Å²) in [4.78, 5) is 28.1. The Morgan fingerprint density at radius 1 is 1.24 bits per heavy atom. The molecule has 0 radical (unpaired) electrons. The fourth-order valence-corrected chi connectivity index (χ4v) is 7.01. The van der Waals surface area contributed by atoms with Crippen LogP contribution in [0.2, 0.25) is 5.02 Å². The van der Waals surface area contributed by atoms with Crippen molar-refractivity contribution in [3.8, 4) is 10.4 Å². The van der Waals surface area contributed by atoms with E-state index in [0.717, 1.165) is 4.88 Å². The van der Waals surface area contributed by atoms with Crippen LogP contribution < -0.4 is 0 Å². The van der Waals surface area contributed by atoms with E-state index in [1.807, 2.05) is 0 Å². The first-order valence-electron chi connectivity index (χ1n) is 9.41. The Labute approximate surface area is 178 Å². The van der Waals surface area contributed by atoms with Gasteiger partial charge in [0.15, 0.2) is 9.84 Å². The second-order valence-corrected chi connectivity index (χ2v) is 10.6. The van der Waals surface area contributed by atoms with Gasteiger partial charge < -0.3 is 9.64 Å². The largest absolute Gasteiger partial charge is 0.466 e. The minimum absolute atomic E-state index is 0.125. The number of hydrogen-bond acceptors (Lipinski definition) is 6. The summed E-state index contributed by atoms with van der Waals surface area (Å²) in [6.45, 7) is 3.10. The predicted octanol–water partition coefficient (Wildman–Crippen LogP) is 3.77. The summed E-state index contributed by atoms with van der Waals surface area (Å²) >= 11 is 7.30. The fourth-order valence-electron chi connectivity index (χ4n) is 3.83. The van der Waals surface area contributed by atoms with Gasteiger partial charge in [0.25, 0.3) is 5.91 Å². The average Bonchev–Trinajstić information content (AvgIpc) is 3.11. The first kappa shape index (κ1) is 20.4. The maximum absolute atomic E-state index is 13.0. The van der Waals surface area contributed by atoms with Crippen LogP contribution in [0.25, 0.3) is 10.4 Å². The summed E-state index contributed by atoms with van der Waals surface area (Å²) in [6, 6.07) is 6.51. The average molecular weight is 454 g/mol. The van der Waals surface area contributed by atoms with Crippen molar-refractivity contribution in [1.82, 2.24) is 4.90 Å². The first-order chi connectivity index (χ1) is 13.8. The molecule has 6 nitrogen and oxygen atoms in total. The highest BCUT2D eigenvalue weighted by Crippen LogP contribution is 2.44. The van der Waals surface area contributed by atoms with E-state index in [0.29, 0.717) is 53.6 Å². The molecule has 1 saturated heterocycles. The lowest BCUT2D eigenvalue weighted by molar-refractivity contribution is -0.149. The Hall–Kier alpha value is -1.90. The van der Waals surface area contributed by atoms with Crippen molar-refractivity contribution in [2.24, 2.45) is 5.92 Å². The van der Waals surface area contributed by atoms with Crippen molar-refractivity contribution in [2.75, 3.05) is 19.7 Å². The maximum Gasteiger partial charge on any atom is 0.309 e. The van der Waals surface area contributed by atoms with E-state index in [4.69, 9.17) is 16.3 Å². The molecule has 0 N–H and O–H groups in total. The quantitative estimate of drug-likeness (QED) is 0.661. The summed E-state index contributed by atoms with van der Waals surface area (Å²) in [6.07, 6.45) is 1.15. The number of piperidine rings is 1. The van der Waals surface area contributed by atoms with Gasteiger partial charge in [-0.05, 0) is 43.5 Å². The van der Waals surface area contributed by atoms with E-state index in [-0.39, 0.29) is 28.4 Å². The molecule has 154 valence electrons. The molecule has 1 fully saturated rings. The van der Waals surface area contributed by atoms with Crippen molar-refractivity contribution in [2.45, 2.75) is 30.4 Å². The van der Waals surface area contributed by atoms with Gasteiger partial charge in [-0.1, -0.05) is 17.7 Å². The molecule has 0 unspecified atom stereocenters. The minimum Gasteiger partial charge on any atom is -0.466 e. The van der Waals surface area contributed by atoms with E-state index in [2.05, 4.69) is 0 Å². The number of halogens is 1. The normalized spacial score (nSPS) is 18.1. The molecule has 9 heteroatoms. The molecule has 0 aliphatic carbocycles. The molecule has 4 rings (SSSR count). The van der Waals surface area contributed by atoms with E-state index < -0.39 is 9.84 Å². The van der Waals surface area contributed by atoms with Crippen LogP contribution in [0, 0.1) is 5.92 Å². The zero-order chi connectivity index (χ0) is 20.8. The molecular weight excluding hydrogens is 434 g/mol. The molecule has 0 saturated carbocycles. The van der Waals surface area contributed by atoms with Crippen LogP contribution in [0.5, 0.6) is 0 Å². The van der Waals surface area contributed by atoms with Crippen LogP contribution in [-0.4, -0.2) is 44.9 Å². The number of rotatable bonds is 3. The van der Waals surface area contributed by atoms with Gasteiger partial charge in [0, 0.05) is 28.6 Å². The third-order valence-electron chi connectivity index (χ3n) is 5.29. The third kappa shape index (κ3) is 3.81. The molecule has 2 aliphatic rings. The monoisotopic (exact) mass is 453 g/mol. The zero-order valence-corrected chi connectivity index (χ0v) is 18.2. The molecule has 1 amide bonds. The fraction of sp³-hybridized carbons (Fsp3) is 0.400. The Balaban J connectivity index is 1.56. The molecule has 0 spiro atoms. The molecule has 29 heavy (non-hydrogen) atoms. The number of fused-ring (bicyclic) bond motifs is 3. The number of esters is 1. The van der Waals surface area contributed by atoms with Crippen molar-refractivity contribution in [3.63, 3.8) is 0 Å². The number of carbonyl (C=O) groups excluding carboxylic acids is 2. The van der Waals surface area contributed by atoms with Crippen molar-refractivity contribution < 1.29 is 22.7 Å². The Kier molecular flexibility index (Phi) is 5.44. The summed E-state index contributed by atoms with van der Waals surface area (Å²) in [5.41, 5.74) is 1.25. The van der Waals surface area contributed by atoms with E-state index >= 15 is 0 Å². The van der Waals surface area contributed by atoms with Crippen molar-refractivity contribution in [3.05, 3.63) is 39.7 Å². The number of carbonyl (C=O) groups is 2. The smallest absolute Gasteiger partial charge is 0.309 e. The highest BCUT2D eigenvalue weighted by Gasteiger charge is 2.33. The number of nitrogens with zero attached hydrogens (tertiary/aromatic N) is 1. The number of benzene rings is 1. The zero-order valence-electron chi connectivity index (χ0n) is 15.8. The second-order valence-electron chi connectivity index (χ2n) is 7.18. The number of ether oxygens (including phenoxy) is 1. The van der Waals surface area contributed by atoms with Gasteiger partial charge >= 0.3 is 5.97 Å². The molecule has 0 bridgehead atoms. The lowest BCUT2D eigenvalue weighted by Gasteiger charge is -2.30. The maximum atomic E-state index is 13.0. The Morgan fingerprint density at radius 3 is 2.66 bits per heavy atom. The summed E-state index contributed by atoms with van der Waals surface area (Å²) in [5, 5.41) is 0.369. The van der Waals surface area contributed by atoms with E-state index in [9.17, 15) is 18.0 Å². The van der Waals surface area contributed by atoms with Crippen LogP contribution in [0.3, 0.4) is 0 Å². The number of amides is 1. The van der Waals surface area contributed by atoms with Gasteiger partial charge in [-0.2, -0.15) is 0 Å². The molecule has 2 aromatic rings. The Bertz CT molecular complexity index is 1080. The van der Waals surface area contributed by atoms with Crippen molar-refractivity contribution >= 4 is 44.7 Å². The van der Waals surface area contributed by atoms with Crippen LogP contribution in [0.15, 0.2) is 29.2 Å². The highest BCUT2D eigenvalue weighted by molar-refractivity contribution is 7.91. The van der Waals surface area contributed by atoms with E-state index in [1.165, 1.54) is 17.4 Å². The highest BCUT2D eigenvalue weighted by atomic mass is 35.5. The number of hydrogen-bond donors (Lipinski definition) is 0. The standard InChI is InChI=1S/C20H20ClNO5S2/c1-2-27-20(24)12-5-7-22(8-6-12)19(23)16-9-13-11-29(25,26)17-10-14(21)3-4-15(17)18(13)28-16/h3-4,9-10,12H,2,5-8,11H2,1H3. The lowest BCUT2D eigenvalue weighted by atomic mass is 9.97. The van der Waals surface area contributed by atoms with Gasteiger partial charge in [-0.15, -0.1) is 11.3 Å². The van der Waals surface area contributed by atoms with Crippen molar-refractivity contribution in [1.29, 1.82) is 0 Å². The summed E-state index contributed by atoms with van der Waals surface area (Å²) < 4.78 is 30.3. The van der Waals surface area contributed by atoms with Crippen LogP contribution in [0.4, 0.5) is 0 Å². The number of likely N-dealkylation sites (tertiary alicyclic amines) is 1. The first-order valence-corrected chi connectivity index (χ1v) is 12.3. The molecule has 2 aliphatic heterocycles. The SMILES string of the molecule is CCOC(=O)C1CCN(C(=O)c2cc3c(s2)-c2ccc(Cl)cc2S(=O)(=O)C3)CC1. The lowest BCUT2D eigenvalue weighted by Crippen LogP contribution is -2.40. The molecule has 1 aromatic carbocycles. The predicted molar refractivity (Wildman–Crippen MR) is 111 cm³/mol. The summed E-state index contributed by atoms with van der Waals surface area (Å²) in [7, 11) is -3.49. The molecule has 0 atom stereocenters. The number of sulfone groups is 1. The Morgan fingerprint density at radius 2 is 1.97 bits per heavy atom. The van der Waals surface area contributed by atoms with Crippen LogP contribution in [-0.2, 0) is 25.1 Å². The van der Waals surface area contributed by atoms with Gasteiger partial charge in [-0.3, -0.25) is 9.59 Å². The minimum atomic E-state index is -3.49. The second kappa shape index (κ2) is 7.74. The summed E-state index contributed by atoms with van der Waals surface area (Å²) in [5.74, 6) is -0.631.